The smallest absolute Gasteiger partial charge is 0.304 e. The van der Waals surface area contributed by atoms with Crippen molar-refractivity contribution in [3.8, 4) is 0 Å². The highest BCUT2D eigenvalue weighted by molar-refractivity contribution is 7.89. The van der Waals surface area contributed by atoms with Gasteiger partial charge in [0.2, 0.25) is 10.0 Å². The number of nitrogens with one attached hydrogen (secondary N) is 1. The number of primary amides is 1. The highest BCUT2D eigenvalue weighted by atomic mass is 32.2. The van der Waals surface area contributed by atoms with Crippen LogP contribution in [0, 0.1) is 5.92 Å². The number of carboxylic acid groups (broad SMARTS) is 1. The maximum atomic E-state index is 12.2. The minimum Gasteiger partial charge on any atom is -0.481 e. The van der Waals surface area contributed by atoms with Crippen LogP contribution in [-0.2, 0) is 21.9 Å². The largest absolute Gasteiger partial charge is 0.481 e. The summed E-state index contributed by atoms with van der Waals surface area (Å²) in [6.45, 7) is 3.44. The molecule has 1 unspecified atom stereocenters. The summed E-state index contributed by atoms with van der Waals surface area (Å²) in [4.78, 5) is 21.8. The first-order chi connectivity index (χ1) is 9.54. The van der Waals surface area contributed by atoms with Gasteiger partial charge in [0.1, 0.15) is 10.6 Å². The third-order valence-corrected chi connectivity index (χ3v) is 4.51. The van der Waals surface area contributed by atoms with Crippen molar-refractivity contribution in [3.05, 3.63) is 18.0 Å². The van der Waals surface area contributed by atoms with Crippen LogP contribution in [0.1, 0.15) is 30.8 Å². The number of hydrogen-bond acceptors (Lipinski definition) is 4. The summed E-state index contributed by atoms with van der Waals surface area (Å²) >= 11 is 0. The molecule has 1 aromatic heterocycles. The Hall–Kier alpha value is -1.87. The molecule has 0 aromatic carbocycles. The molecule has 0 spiro atoms. The summed E-state index contributed by atoms with van der Waals surface area (Å²) in [7, 11) is -2.43. The molecule has 4 N–H and O–H groups in total. The lowest BCUT2D eigenvalue weighted by Crippen LogP contribution is -2.39. The number of aliphatic carboxylic acids is 1. The standard InChI is InChI=1S/C12H19N3O5S/c1-7(2)9(5-11(16)17)14-21(19,20)8-4-10(12(13)18)15(3)6-8/h4,6-7,9,14H,5H2,1-3H3,(H2,13,18)(H,16,17). The van der Waals surface area contributed by atoms with E-state index in [1.54, 1.807) is 13.8 Å². The van der Waals surface area contributed by atoms with Crippen LogP contribution in [-0.4, -0.2) is 36.0 Å². The summed E-state index contributed by atoms with van der Waals surface area (Å²) in [6, 6.07) is 0.410. The van der Waals surface area contributed by atoms with Gasteiger partial charge in [0.05, 0.1) is 6.42 Å². The molecule has 0 aliphatic rings. The molecule has 0 aliphatic heterocycles. The van der Waals surface area contributed by atoms with Crippen LogP contribution < -0.4 is 10.5 Å². The summed E-state index contributed by atoms with van der Waals surface area (Å²) in [6.07, 6.45) is 0.924. The lowest BCUT2D eigenvalue weighted by atomic mass is 10.0. The Kier molecular flexibility index (Phi) is 5.13. The molecule has 118 valence electrons. The summed E-state index contributed by atoms with van der Waals surface area (Å²) in [5.41, 5.74) is 5.18. The van der Waals surface area contributed by atoms with E-state index in [9.17, 15) is 18.0 Å². The third-order valence-electron chi connectivity index (χ3n) is 3.05. The van der Waals surface area contributed by atoms with E-state index in [-0.39, 0.29) is 22.9 Å². The van der Waals surface area contributed by atoms with Crippen molar-refractivity contribution < 1.29 is 23.1 Å². The molecule has 9 heteroatoms. The molecule has 0 aliphatic carbocycles. The van der Waals surface area contributed by atoms with E-state index in [1.807, 2.05) is 0 Å². The molecule has 8 nitrogen and oxygen atoms in total. The maximum Gasteiger partial charge on any atom is 0.304 e. The van der Waals surface area contributed by atoms with Crippen molar-refractivity contribution >= 4 is 21.9 Å². The number of hydrogen-bond donors (Lipinski definition) is 3. The van der Waals surface area contributed by atoms with Gasteiger partial charge in [-0.15, -0.1) is 0 Å². The number of carbonyl (C=O) groups excluding carboxylic acids is 1. The monoisotopic (exact) mass is 317 g/mol. The van der Waals surface area contributed by atoms with Gasteiger partial charge < -0.3 is 15.4 Å². The number of carboxylic acids is 1. The zero-order chi connectivity index (χ0) is 16.4. The van der Waals surface area contributed by atoms with E-state index >= 15 is 0 Å². The quantitative estimate of drug-likeness (QED) is 0.646. The van der Waals surface area contributed by atoms with Gasteiger partial charge in [-0.2, -0.15) is 0 Å². The van der Waals surface area contributed by atoms with E-state index in [2.05, 4.69) is 4.72 Å². The number of aromatic nitrogens is 1. The van der Waals surface area contributed by atoms with Crippen molar-refractivity contribution in [3.63, 3.8) is 0 Å². The van der Waals surface area contributed by atoms with Crippen molar-refractivity contribution in [1.82, 2.24) is 9.29 Å². The number of amides is 1. The van der Waals surface area contributed by atoms with Crippen molar-refractivity contribution in [2.24, 2.45) is 18.7 Å². The number of carbonyl (C=O) groups is 2. The van der Waals surface area contributed by atoms with Gasteiger partial charge in [-0.3, -0.25) is 9.59 Å². The second kappa shape index (κ2) is 6.27. The molecular formula is C12H19N3O5S. The van der Waals surface area contributed by atoms with Gasteiger partial charge in [0.15, 0.2) is 0 Å². The maximum absolute atomic E-state index is 12.2. The summed E-state index contributed by atoms with van der Waals surface area (Å²) < 4.78 is 28.1. The first kappa shape index (κ1) is 17.2. The first-order valence-electron chi connectivity index (χ1n) is 6.25. The average Bonchev–Trinajstić information content (AvgIpc) is 2.70. The van der Waals surface area contributed by atoms with Gasteiger partial charge in [0, 0.05) is 19.3 Å². The van der Waals surface area contributed by atoms with Gasteiger partial charge >= 0.3 is 5.97 Å². The number of sulfonamides is 1. The predicted octanol–water partition coefficient (Wildman–Crippen LogP) is -0.0984. The summed E-state index contributed by atoms with van der Waals surface area (Å²) in [5, 5.41) is 8.82. The van der Waals surface area contributed by atoms with Crippen LogP contribution in [0.3, 0.4) is 0 Å². The number of aryl methyl sites for hydroxylation is 1. The normalized spacial score (nSPS) is 13.3. The molecule has 0 saturated carbocycles. The van der Waals surface area contributed by atoms with E-state index in [0.717, 1.165) is 6.07 Å². The van der Waals surface area contributed by atoms with Gasteiger partial charge in [-0.25, -0.2) is 13.1 Å². The fourth-order valence-electron chi connectivity index (χ4n) is 1.80. The summed E-state index contributed by atoms with van der Waals surface area (Å²) in [5.74, 6) is -2.04. The molecule has 0 fully saturated rings. The molecule has 1 amide bonds. The van der Waals surface area contributed by atoms with Crippen LogP contribution in [0.4, 0.5) is 0 Å². The fraction of sp³-hybridized carbons (Fsp3) is 0.500. The van der Waals surface area contributed by atoms with Crippen molar-refractivity contribution in [2.75, 3.05) is 0 Å². The zero-order valence-corrected chi connectivity index (χ0v) is 12.8. The minimum absolute atomic E-state index is 0.0507. The van der Waals surface area contributed by atoms with Crippen LogP contribution in [0.5, 0.6) is 0 Å². The highest BCUT2D eigenvalue weighted by Gasteiger charge is 2.26. The van der Waals surface area contributed by atoms with Crippen molar-refractivity contribution in [2.45, 2.75) is 31.2 Å². The van der Waals surface area contributed by atoms with Crippen molar-refractivity contribution in [1.29, 1.82) is 0 Å². The predicted molar refractivity (Wildman–Crippen MR) is 75.1 cm³/mol. The molecule has 0 radical (unpaired) electrons. The zero-order valence-electron chi connectivity index (χ0n) is 12.0. The molecule has 0 bridgehead atoms. The Morgan fingerprint density at radius 1 is 1.43 bits per heavy atom. The van der Waals surface area contributed by atoms with Gasteiger partial charge in [-0.05, 0) is 12.0 Å². The Morgan fingerprint density at radius 2 is 2.00 bits per heavy atom. The molecule has 21 heavy (non-hydrogen) atoms. The average molecular weight is 317 g/mol. The highest BCUT2D eigenvalue weighted by Crippen LogP contribution is 2.16. The Morgan fingerprint density at radius 3 is 2.38 bits per heavy atom. The molecule has 1 heterocycles. The SMILES string of the molecule is CC(C)C(CC(=O)O)NS(=O)(=O)c1cc(C(N)=O)n(C)c1. The lowest BCUT2D eigenvalue weighted by molar-refractivity contribution is -0.137. The van der Waals surface area contributed by atoms with E-state index < -0.39 is 27.9 Å². The second-order valence-corrected chi connectivity index (χ2v) is 6.82. The van der Waals surface area contributed by atoms with Crippen LogP contribution >= 0.6 is 0 Å². The molecule has 1 atom stereocenters. The molecular weight excluding hydrogens is 298 g/mol. The van der Waals surface area contributed by atoms with E-state index in [0.29, 0.717) is 0 Å². The number of nitrogens with zero attached hydrogens (tertiary/aromatic N) is 1. The Bertz CT molecular complexity index is 648. The molecule has 1 rings (SSSR count). The Balaban J connectivity index is 3.07. The Labute approximate surface area is 123 Å². The van der Waals surface area contributed by atoms with Gasteiger partial charge in [-0.1, -0.05) is 13.8 Å². The van der Waals surface area contributed by atoms with Crippen LogP contribution in [0.25, 0.3) is 0 Å². The first-order valence-corrected chi connectivity index (χ1v) is 7.73. The van der Waals surface area contributed by atoms with Crippen LogP contribution in [0.2, 0.25) is 0 Å². The second-order valence-electron chi connectivity index (χ2n) is 5.11. The fourth-order valence-corrected chi connectivity index (χ4v) is 3.25. The van der Waals surface area contributed by atoms with Gasteiger partial charge in [0.25, 0.3) is 5.91 Å². The number of nitrogens with two attached hydrogens (primary N) is 1. The van der Waals surface area contributed by atoms with E-state index in [4.69, 9.17) is 10.8 Å². The molecule has 0 saturated heterocycles. The lowest BCUT2D eigenvalue weighted by Gasteiger charge is -2.20. The van der Waals surface area contributed by atoms with Crippen LogP contribution in [0.15, 0.2) is 17.2 Å². The molecule has 1 aromatic rings. The van der Waals surface area contributed by atoms with E-state index in [1.165, 1.54) is 17.8 Å². The number of rotatable bonds is 7. The minimum atomic E-state index is -3.93. The third kappa shape index (κ3) is 4.30. The topological polar surface area (TPSA) is 131 Å².